The highest BCUT2D eigenvalue weighted by Crippen LogP contribution is 2.17. The van der Waals surface area contributed by atoms with Crippen LogP contribution in [-0.2, 0) is 28.5 Å². The van der Waals surface area contributed by atoms with Gasteiger partial charge in [-0.3, -0.25) is 4.79 Å². The number of esters is 1. The zero-order chi connectivity index (χ0) is 24.2. The Balaban J connectivity index is 3.87. The number of rotatable bonds is 27. The third-order valence-electron chi connectivity index (χ3n) is 5.77. The minimum absolute atomic E-state index is 0.0394. The fourth-order valence-electron chi connectivity index (χ4n) is 3.63. The van der Waals surface area contributed by atoms with E-state index >= 15 is 0 Å². The Kier molecular flexibility index (Phi) is 27.0. The lowest BCUT2D eigenvalue weighted by molar-refractivity contribution is -0.149. The Bertz CT molecular complexity index is 391. The highest BCUT2D eigenvalue weighted by Gasteiger charge is 2.19. The summed E-state index contributed by atoms with van der Waals surface area (Å²) >= 11 is 0. The van der Waals surface area contributed by atoms with E-state index in [0.29, 0.717) is 52.9 Å². The summed E-state index contributed by atoms with van der Waals surface area (Å²) in [4.78, 5) is 12.6. The average molecular weight is 475 g/mol. The van der Waals surface area contributed by atoms with Crippen LogP contribution in [0.15, 0.2) is 0 Å². The zero-order valence-corrected chi connectivity index (χ0v) is 22.1. The highest BCUT2D eigenvalue weighted by molar-refractivity contribution is 5.72. The van der Waals surface area contributed by atoms with Crippen molar-refractivity contribution in [3.8, 4) is 0 Å². The molecular weight excluding hydrogens is 420 g/mol. The molecule has 0 heterocycles. The van der Waals surface area contributed by atoms with E-state index in [-0.39, 0.29) is 11.9 Å². The molecule has 0 fully saturated rings. The maximum absolute atomic E-state index is 12.6. The maximum atomic E-state index is 12.6. The molecule has 0 aliphatic heterocycles. The minimum atomic E-state index is -0.0500. The van der Waals surface area contributed by atoms with Gasteiger partial charge in [0.15, 0.2) is 0 Å². The number of methoxy groups -OCH3 is 1. The summed E-state index contributed by atoms with van der Waals surface area (Å²) in [5, 5.41) is 0. The van der Waals surface area contributed by atoms with Gasteiger partial charge in [0.05, 0.1) is 52.2 Å². The second-order valence-corrected chi connectivity index (χ2v) is 8.81. The van der Waals surface area contributed by atoms with Crippen molar-refractivity contribution in [2.24, 2.45) is 5.92 Å². The van der Waals surface area contributed by atoms with Crippen LogP contribution in [0, 0.1) is 5.92 Å². The first kappa shape index (κ1) is 32.3. The lowest BCUT2D eigenvalue weighted by atomic mass is 9.98. The third kappa shape index (κ3) is 24.2. The molecule has 0 aliphatic carbocycles. The van der Waals surface area contributed by atoms with Gasteiger partial charge in [0.1, 0.15) is 0 Å². The third-order valence-corrected chi connectivity index (χ3v) is 5.77. The molecule has 0 bridgehead atoms. The summed E-state index contributed by atoms with van der Waals surface area (Å²) in [7, 11) is 1.66. The normalized spacial score (nSPS) is 12.2. The van der Waals surface area contributed by atoms with Crippen molar-refractivity contribution in [1.29, 1.82) is 0 Å². The molecule has 0 N–H and O–H groups in total. The van der Waals surface area contributed by atoms with Crippen molar-refractivity contribution in [1.82, 2.24) is 0 Å². The van der Waals surface area contributed by atoms with Crippen LogP contribution in [0.2, 0.25) is 0 Å². The van der Waals surface area contributed by atoms with Crippen LogP contribution in [-0.4, -0.2) is 65.9 Å². The van der Waals surface area contributed by atoms with Gasteiger partial charge in [0, 0.05) is 13.7 Å². The number of hydrogen-bond donors (Lipinski definition) is 0. The van der Waals surface area contributed by atoms with Crippen molar-refractivity contribution >= 4 is 5.97 Å². The van der Waals surface area contributed by atoms with E-state index in [0.717, 1.165) is 32.1 Å². The number of unbranched alkanes of at least 4 members (excludes halogenated alkanes) is 10. The Morgan fingerprint density at radius 1 is 0.545 bits per heavy atom. The lowest BCUT2D eigenvalue weighted by Gasteiger charge is -2.16. The molecular formula is C27H54O6. The van der Waals surface area contributed by atoms with Gasteiger partial charge < -0.3 is 23.7 Å². The number of ether oxygens (including phenoxy) is 5. The van der Waals surface area contributed by atoms with E-state index < -0.39 is 0 Å². The summed E-state index contributed by atoms with van der Waals surface area (Å²) in [5.41, 5.74) is 0. The maximum Gasteiger partial charge on any atom is 0.309 e. The number of carbonyl (C=O) groups excluding carboxylic acids is 1. The molecule has 0 aromatic rings. The van der Waals surface area contributed by atoms with Crippen LogP contribution in [0.25, 0.3) is 0 Å². The molecule has 0 amide bonds. The van der Waals surface area contributed by atoms with Crippen molar-refractivity contribution in [3.63, 3.8) is 0 Å². The van der Waals surface area contributed by atoms with E-state index in [1.807, 2.05) is 0 Å². The molecule has 0 rings (SSSR count). The van der Waals surface area contributed by atoms with E-state index in [9.17, 15) is 4.79 Å². The SMILES string of the molecule is CCCCCCCCCCOC(=O)C(CCCCCC)CCOCCOCCOCCOC. The Morgan fingerprint density at radius 3 is 1.61 bits per heavy atom. The largest absolute Gasteiger partial charge is 0.465 e. The predicted octanol–water partition coefficient (Wildman–Crippen LogP) is 6.34. The molecule has 0 spiro atoms. The quantitative estimate of drug-likeness (QED) is 0.102. The second kappa shape index (κ2) is 27.6. The van der Waals surface area contributed by atoms with Gasteiger partial charge in [-0.1, -0.05) is 84.5 Å². The van der Waals surface area contributed by atoms with Crippen molar-refractivity contribution in [2.75, 3.05) is 60.0 Å². The molecule has 0 saturated carbocycles. The molecule has 198 valence electrons. The average Bonchev–Trinajstić information content (AvgIpc) is 2.82. The Labute approximate surface area is 204 Å². The van der Waals surface area contributed by atoms with Crippen LogP contribution in [0.4, 0.5) is 0 Å². The summed E-state index contributed by atoms with van der Waals surface area (Å²) in [6, 6.07) is 0. The summed E-state index contributed by atoms with van der Waals surface area (Å²) in [6.45, 7) is 8.96. The van der Waals surface area contributed by atoms with Gasteiger partial charge >= 0.3 is 5.97 Å². The molecule has 0 aliphatic rings. The fraction of sp³-hybridized carbons (Fsp3) is 0.963. The molecule has 33 heavy (non-hydrogen) atoms. The van der Waals surface area contributed by atoms with Gasteiger partial charge in [-0.05, 0) is 19.3 Å². The number of carbonyl (C=O) groups is 1. The van der Waals surface area contributed by atoms with Gasteiger partial charge in [0.25, 0.3) is 0 Å². The topological polar surface area (TPSA) is 63.2 Å². The molecule has 0 radical (unpaired) electrons. The van der Waals surface area contributed by atoms with E-state index in [1.165, 1.54) is 57.8 Å². The lowest BCUT2D eigenvalue weighted by Crippen LogP contribution is -2.21. The molecule has 1 atom stereocenters. The molecule has 0 aromatic carbocycles. The number of hydrogen-bond acceptors (Lipinski definition) is 6. The molecule has 1 unspecified atom stereocenters. The van der Waals surface area contributed by atoms with Crippen LogP contribution >= 0.6 is 0 Å². The van der Waals surface area contributed by atoms with Crippen LogP contribution in [0.5, 0.6) is 0 Å². The minimum Gasteiger partial charge on any atom is -0.465 e. The van der Waals surface area contributed by atoms with Crippen molar-refractivity contribution in [3.05, 3.63) is 0 Å². The molecule has 6 heteroatoms. The standard InChI is InChI=1S/C27H54O6/c1-4-6-8-10-11-12-13-15-18-33-27(28)26(16-14-9-7-5-2)17-19-30-22-23-32-25-24-31-21-20-29-3/h26H,4-25H2,1-3H3. The summed E-state index contributed by atoms with van der Waals surface area (Å²) in [6.07, 6.45) is 16.3. The second-order valence-electron chi connectivity index (χ2n) is 8.81. The van der Waals surface area contributed by atoms with Gasteiger partial charge in [0.2, 0.25) is 0 Å². The summed E-state index contributed by atoms with van der Waals surface area (Å²) < 4.78 is 27.1. The van der Waals surface area contributed by atoms with E-state index in [2.05, 4.69) is 13.8 Å². The molecule has 6 nitrogen and oxygen atoms in total. The van der Waals surface area contributed by atoms with Crippen LogP contribution in [0.3, 0.4) is 0 Å². The van der Waals surface area contributed by atoms with Gasteiger partial charge in [-0.15, -0.1) is 0 Å². The van der Waals surface area contributed by atoms with Crippen molar-refractivity contribution in [2.45, 2.75) is 104 Å². The Hall–Kier alpha value is -0.690. The predicted molar refractivity (Wildman–Crippen MR) is 135 cm³/mol. The van der Waals surface area contributed by atoms with E-state index in [4.69, 9.17) is 23.7 Å². The smallest absolute Gasteiger partial charge is 0.309 e. The summed E-state index contributed by atoms with van der Waals surface area (Å²) in [5.74, 6) is -0.0893. The first-order valence-corrected chi connectivity index (χ1v) is 13.6. The zero-order valence-electron chi connectivity index (χ0n) is 22.1. The van der Waals surface area contributed by atoms with Gasteiger partial charge in [-0.2, -0.15) is 0 Å². The van der Waals surface area contributed by atoms with Crippen molar-refractivity contribution < 1.29 is 28.5 Å². The monoisotopic (exact) mass is 474 g/mol. The van der Waals surface area contributed by atoms with Crippen LogP contribution in [0.1, 0.15) is 104 Å². The Morgan fingerprint density at radius 2 is 1.03 bits per heavy atom. The molecule has 0 aromatic heterocycles. The highest BCUT2D eigenvalue weighted by atomic mass is 16.6. The molecule has 0 saturated heterocycles. The van der Waals surface area contributed by atoms with Gasteiger partial charge in [-0.25, -0.2) is 0 Å². The van der Waals surface area contributed by atoms with Crippen LogP contribution < -0.4 is 0 Å². The van der Waals surface area contributed by atoms with E-state index in [1.54, 1.807) is 7.11 Å². The first-order valence-electron chi connectivity index (χ1n) is 13.6. The first-order chi connectivity index (χ1) is 16.3. The fourth-order valence-corrected chi connectivity index (χ4v) is 3.63.